The lowest BCUT2D eigenvalue weighted by Crippen LogP contribution is -1.96. The van der Waals surface area contributed by atoms with E-state index in [4.69, 9.17) is 22.3 Å². The van der Waals surface area contributed by atoms with E-state index in [0.717, 1.165) is 0 Å². The molecule has 0 amide bonds. The van der Waals surface area contributed by atoms with Crippen molar-refractivity contribution in [2.45, 2.75) is 0 Å². The second kappa shape index (κ2) is 4.33. The van der Waals surface area contributed by atoms with Crippen LogP contribution in [-0.4, -0.2) is 9.79 Å². The van der Waals surface area contributed by atoms with Gasteiger partial charge in [0.25, 0.3) is 0 Å². The molecule has 1 rings (SSSR count). The van der Waals surface area contributed by atoms with Crippen molar-refractivity contribution < 1.29 is 0 Å². The van der Waals surface area contributed by atoms with Crippen LogP contribution in [0, 0.1) is 16.7 Å². The van der Waals surface area contributed by atoms with Gasteiger partial charge in [0.1, 0.15) is 16.3 Å². The highest BCUT2D eigenvalue weighted by Gasteiger charge is 2.20. The summed E-state index contributed by atoms with van der Waals surface area (Å²) >= 11 is 8.58. The zero-order chi connectivity index (χ0) is 9.14. The number of nitrogens with one attached hydrogen (secondary N) is 1. The second-order valence-corrected chi connectivity index (χ2v) is 4.67. The highest BCUT2D eigenvalue weighted by molar-refractivity contribution is 9.18. The number of allylic oxidation sites excluding steroid dienone is 2. The SMILES string of the molecule is N#C/C(C(=N)Br)=C1\SSN=C1Cl. The Kier molecular flexibility index (Phi) is 3.65. The Morgan fingerprint density at radius 3 is 2.75 bits per heavy atom. The zero-order valence-electron chi connectivity index (χ0n) is 5.47. The summed E-state index contributed by atoms with van der Waals surface area (Å²) in [7, 11) is 2.48. The standard InChI is InChI=1S/C5HBrClN3S2/c6-4(9)2(1-8)3-5(7)10-12-11-3/h9H/b3-2+,9-4?. The third kappa shape index (κ3) is 2.04. The molecule has 0 radical (unpaired) electrons. The molecule has 0 unspecified atom stereocenters. The predicted octanol–water partition coefficient (Wildman–Crippen LogP) is 3.08. The Morgan fingerprint density at radius 1 is 1.75 bits per heavy atom. The van der Waals surface area contributed by atoms with Crippen LogP contribution < -0.4 is 0 Å². The van der Waals surface area contributed by atoms with Crippen LogP contribution >= 0.6 is 49.3 Å². The van der Waals surface area contributed by atoms with Crippen LogP contribution in [0.5, 0.6) is 0 Å². The van der Waals surface area contributed by atoms with Crippen molar-refractivity contribution in [1.29, 1.82) is 10.7 Å². The fourth-order valence-electron chi connectivity index (χ4n) is 0.509. The van der Waals surface area contributed by atoms with Crippen LogP contribution in [0.3, 0.4) is 0 Å². The van der Waals surface area contributed by atoms with Crippen molar-refractivity contribution >= 4 is 59.1 Å². The second-order valence-electron chi connectivity index (χ2n) is 1.67. The fraction of sp³-hybridized carbons (Fsp3) is 0. The molecular formula is C5HBrClN3S2. The maximum Gasteiger partial charge on any atom is 0.154 e. The van der Waals surface area contributed by atoms with Crippen LogP contribution in [0.2, 0.25) is 0 Å². The number of hydrogen-bond donors (Lipinski definition) is 1. The first-order valence-corrected chi connectivity index (χ1v) is 5.91. The first-order valence-electron chi connectivity index (χ1n) is 2.63. The van der Waals surface area contributed by atoms with Crippen LogP contribution in [0.4, 0.5) is 0 Å². The molecular weight excluding hydrogens is 282 g/mol. The Bertz CT molecular complexity index is 330. The molecule has 62 valence electrons. The molecule has 0 saturated carbocycles. The Morgan fingerprint density at radius 2 is 2.42 bits per heavy atom. The lowest BCUT2D eigenvalue weighted by atomic mass is 10.3. The summed E-state index contributed by atoms with van der Waals surface area (Å²) in [5, 5.41) is 16.1. The van der Waals surface area contributed by atoms with E-state index in [-0.39, 0.29) is 15.4 Å². The lowest BCUT2D eigenvalue weighted by Gasteiger charge is -1.95. The fourth-order valence-corrected chi connectivity index (χ4v) is 3.22. The molecule has 1 N–H and O–H groups in total. The van der Waals surface area contributed by atoms with Crippen molar-refractivity contribution in [3.05, 3.63) is 10.5 Å². The van der Waals surface area contributed by atoms with Gasteiger partial charge in [-0.25, -0.2) is 0 Å². The van der Waals surface area contributed by atoms with E-state index in [2.05, 4.69) is 20.3 Å². The summed E-state index contributed by atoms with van der Waals surface area (Å²) in [5.41, 5.74) is 0.221. The Labute approximate surface area is 90.4 Å². The molecule has 0 atom stereocenters. The van der Waals surface area contributed by atoms with E-state index >= 15 is 0 Å². The smallest absolute Gasteiger partial charge is 0.154 e. The van der Waals surface area contributed by atoms with E-state index in [1.54, 1.807) is 0 Å². The number of nitriles is 1. The third-order valence-corrected chi connectivity index (χ3v) is 3.71. The van der Waals surface area contributed by atoms with Gasteiger partial charge >= 0.3 is 0 Å². The minimum absolute atomic E-state index is 0.0309. The van der Waals surface area contributed by atoms with E-state index in [1.807, 2.05) is 6.07 Å². The van der Waals surface area contributed by atoms with Crippen LogP contribution in [0.1, 0.15) is 0 Å². The topological polar surface area (TPSA) is 60.0 Å². The van der Waals surface area contributed by atoms with Crippen molar-refractivity contribution in [3.8, 4) is 6.07 Å². The van der Waals surface area contributed by atoms with Crippen molar-refractivity contribution in [3.63, 3.8) is 0 Å². The van der Waals surface area contributed by atoms with Gasteiger partial charge in [0, 0.05) is 0 Å². The van der Waals surface area contributed by atoms with E-state index in [9.17, 15) is 0 Å². The quantitative estimate of drug-likeness (QED) is 0.348. The summed E-state index contributed by atoms with van der Waals surface area (Å²) in [4.78, 5) is 0.547. The number of nitrogens with zero attached hydrogens (tertiary/aromatic N) is 2. The lowest BCUT2D eigenvalue weighted by molar-refractivity contribution is 1.49. The highest BCUT2D eigenvalue weighted by atomic mass is 79.9. The summed E-state index contributed by atoms with van der Waals surface area (Å²) in [5.74, 6) is 0. The van der Waals surface area contributed by atoms with Crippen molar-refractivity contribution in [2.24, 2.45) is 4.40 Å². The third-order valence-electron chi connectivity index (χ3n) is 0.984. The number of halogens is 2. The molecule has 0 aliphatic carbocycles. The first kappa shape index (κ1) is 10.1. The normalized spacial score (nSPS) is 19.9. The maximum absolute atomic E-state index is 8.66. The summed E-state index contributed by atoms with van der Waals surface area (Å²) in [6.45, 7) is 0. The van der Waals surface area contributed by atoms with Gasteiger partial charge in [0.05, 0.1) is 15.9 Å². The van der Waals surface area contributed by atoms with Crippen LogP contribution in [0.25, 0.3) is 0 Å². The van der Waals surface area contributed by atoms with Gasteiger partial charge in [-0.05, 0) is 26.7 Å². The molecule has 0 fully saturated rings. The number of rotatable bonds is 1. The van der Waals surface area contributed by atoms with E-state index in [0.29, 0.717) is 4.91 Å². The average molecular weight is 283 g/mol. The minimum atomic E-state index is 0.0309. The van der Waals surface area contributed by atoms with Crippen LogP contribution in [0.15, 0.2) is 14.9 Å². The predicted molar refractivity (Wildman–Crippen MR) is 57.8 cm³/mol. The van der Waals surface area contributed by atoms with Gasteiger partial charge in [-0.1, -0.05) is 11.6 Å². The molecule has 0 aromatic rings. The molecule has 0 aromatic heterocycles. The monoisotopic (exact) mass is 281 g/mol. The van der Waals surface area contributed by atoms with Gasteiger partial charge < -0.3 is 0 Å². The molecule has 0 aromatic carbocycles. The first-order chi connectivity index (χ1) is 5.66. The molecule has 12 heavy (non-hydrogen) atoms. The average Bonchev–Trinajstić information content (AvgIpc) is 2.38. The molecule has 0 spiro atoms. The van der Waals surface area contributed by atoms with Gasteiger partial charge in [-0.15, -0.1) is 0 Å². The summed E-state index contributed by atoms with van der Waals surface area (Å²) in [6.07, 6.45) is 0. The maximum atomic E-state index is 8.66. The molecule has 1 aliphatic heterocycles. The molecule has 7 heteroatoms. The summed E-state index contributed by atoms with van der Waals surface area (Å²) in [6, 6.07) is 1.88. The van der Waals surface area contributed by atoms with Gasteiger partial charge in [-0.2, -0.15) is 9.66 Å². The molecule has 1 heterocycles. The molecule has 3 nitrogen and oxygen atoms in total. The van der Waals surface area contributed by atoms with Gasteiger partial charge in [-0.3, -0.25) is 5.41 Å². The molecule has 0 bridgehead atoms. The largest absolute Gasteiger partial charge is 0.292 e. The zero-order valence-corrected chi connectivity index (χ0v) is 9.44. The van der Waals surface area contributed by atoms with Crippen molar-refractivity contribution in [1.82, 2.24) is 0 Å². The Balaban J connectivity index is 3.12. The van der Waals surface area contributed by atoms with Gasteiger partial charge in [0.15, 0.2) is 5.17 Å². The van der Waals surface area contributed by atoms with Crippen molar-refractivity contribution in [2.75, 3.05) is 0 Å². The van der Waals surface area contributed by atoms with E-state index in [1.165, 1.54) is 21.8 Å². The summed E-state index contributed by atoms with van der Waals surface area (Å²) < 4.78 is 3.83. The number of hydrogen-bond acceptors (Lipinski definition) is 5. The molecule has 0 saturated heterocycles. The molecule has 1 aliphatic rings. The van der Waals surface area contributed by atoms with Gasteiger partial charge in [0.2, 0.25) is 0 Å². The Hall–Kier alpha value is 0.0400. The van der Waals surface area contributed by atoms with E-state index < -0.39 is 0 Å². The van der Waals surface area contributed by atoms with Crippen LogP contribution in [-0.2, 0) is 0 Å². The minimum Gasteiger partial charge on any atom is -0.292 e. The highest BCUT2D eigenvalue weighted by Crippen LogP contribution is 2.42.